The molecular formula is C17H13ClFN7. The minimum Gasteiger partial charge on any atom is -0.382 e. The number of rotatable bonds is 3. The number of imidazole rings is 1. The van der Waals surface area contributed by atoms with E-state index in [1.807, 2.05) is 10.6 Å². The molecule has 2 N–H and O–H groups in total. The number of fused-ring (bicyclic) bond motifs is 1. The molecule has 4 aromatic rings. The number of hydrogen-bond acceptors (Lipinski definition) is 6. The van der Waals surface area contributed by atoms with Gasteiger partial charge in [0.25, 0.3) is 0 Å². The molecule has 0 aliphatic heterocycles. The third-order valence-electron chi connectivity index (χ3n) is 3.83. The second-order valence-corrected chi connectivity index (χ2v) is 6.12. The summed E-state index contributed by atoms with van der Waals surface area (Å²) in [6.45, 7) is 2.16. The van der Waals surface area contributed by atoms with Gasteiger partial charge in [-0.15, -0.1) is 0 Å². The van der Waals surface area contributed by atoms with Crippen LogP contribution in [0.25, 0.3) is 22.6 Å². The summed E-state index contributed by atoms with van der Waals surface area (Å²) in [6.07, 6.45) is 4.34. The average molecular weight is 370 g/mol. The number of aryl methyl sites for hydroxylation is 1. The lowest BCUT2D eigenvalue weighted by Gasteiger charge is -2.09. The lowest BCUT2D eigenvalue weighted by Crippen LogP contribution is -2.05. The van der Waals surface area contributed by atoms with Gasteiger partial charge in [-0.1, -0.05) is 17.7 Å². The Hall–Kier alpha value is -3.13. The Kier molecular flexibility index (Phi) is 3.96. The van der Waals surface area contributed by atoms with Crippen LogP contribution in [-0.2, 0) is 6.54 Å². The van der Waals surface area contributed by atoms with E-state index in [-0.39, 0.29) is 5.82 Å². The maximum Gasteiger partial charge on any atom is 0.166 e. The first-order chi connectivity index (χ1) is 12.5. The molecule has 130 valence electrons. The van der Waals surface area contributed by atoms with Crippen molar-refractivity contribution in [3.05, 3.63) is 59.1 Å². The highest BCUT2D eigenvalue weighted by molar-refractivity contribution is 6.29. The molecule has 0 bridgehead atoms. The van der Waals surface area contributed by atoms with Gasteiger partial charge < -0.3 is 10.3 Å². The van der Waals surface area contributed by atoms with Crippen LogP contribution in [0.2, 0.25) is 5.15 Å². The molecule has 0 aliphatic rings. The summed E-state index contributed by atoms with van der Waals surface area (Å²) in [5.41, 5.74) is 8.43. The minimum atomic E-state index is -0.454. The summed E-state index contributed by atoms with van der Waals surface area (Å²) in [5.74, 6) is 0.832. The van der Waals surface area contributed by atoms with Gasteiger partial charge in [0.1, 0.15) is 22.6 Å². The van der Waals surface area contributed by atoms with E-state index in [4.69, 9.17) is 17.3 Å². The number of pyridine rings is 2. The number of nitrogen functional groups attached to an aromatic ring is 1. The van der Waals surface area contributed by atoms with E-state index in [0.717, 1.165) is 11.8 Å². The van der Waals surface area contributed by atoms with Gasteiger partial charge >= 0.3 is 0 Å². The molecule has 26 heavy (non-hydrogen) atoms. The van der Waals surface area contributed by atoms with Crippen LogP contribution in [0, 0.1) is 12.7 Å². The van der Waals surface area contributed by atoms with E-state index in [1.165, 1.54) is 12.3 Å². The Bertz CT molecular complexity index is 1110. The molecule has 0 unspecified atom stereocenters. The van der Waals surface area contributed by atoms with Gasteiger partial charge in [0.05, 0.1) is 12.7 Å². The first kappa shape index (κ1) is 16.3. The molecule has 0 saturated carbocycles. The number of hydrogen-bond donors (Lipinski definition) is 1. The predicted octanol–water partition coefficient (Wildman–Crippen LogP) is 3.01. The third-order valence-corrected chi connectivity index (χ3v) is 4.05. The first-order valence-electron chi connectivity index (χ1n) is 7.73. The van der Waals surface area contributed by atoms with Crippen molar-refractivity contribution in [2.75, 3.05) is 5.73 Å². The van der Waals surface area contributed by atoms with E-state index >= 15 is 0 Å². The van der Waals surface area contributed by atoms with Crippen LogP contribution < -0.4 is 5.73 Å². The van der Waals surface area contributed by atoms with E-state index in [0.29, 0.717) is 40.1 Å². The summed E-state index contributed by atoms with van der Waals surface area (Å²) >= 11 is 5.86. The van der Waals surface area contributed by atoms with Crippen molar-refractivity contribution in [3.63, 3.8) is 0 Å². The zero-order chi connectivity index (χ0) is 18.3. The highest BCUT2D eigenvalue weighted by atomic mass is 35.5. The normalized spacial score (nSPS) is 11.2. The number of halogens is 2. The number of aromatic nitrogens is 6. The van der Waals surface area contributed by atoms with Crippen LogP contribution in [0.5, 0.6) is 0 Å². The number of nitrogens with zero attached hydrogens (tertiary/aromatic N) is 6. The average Bonchev–Trinajstić information content (AvgIpc) is 2.96. The summed E-state index contributed by atoms with van der Waals surface area (Å²) < 4.78 is 15.5. The van der Waals surface area contributed by atoms with Gasteiger partial charge in [-0.25, -0.2) is 24.3 Å². The van der Waals surface area contributed by atoms with Crippen LogP contribution >= 0.6 is 11.6 Å². The lowest BCUT2D eigenvalue weighted by atomic mass is 10.2. The quantitative estimate of drug-likeness (QED) is 0.558. The number of anilines is 1. The van der Waals surface area contributed by atoms with Crippen molar-refractivity contribution in [1.82, 2.24) is 29.5 Å². The molecule has 9 heteroatoms. The van der Waals surface area contributed by atoms with Crippen molar-refractivity contribution in [2.24, 2.45) is 0 Å². The summed E-state index contributed by atoms with van der Waals surface area (Å²) in [5, 5.41) is 0.404. The fourth-order valence-electron chi connectivity index (χ4n) is 2.72. The van der Waals surface area contributed by atoms with Crippen molar-refractivity contribution >= 4 is 28.6 Å². The van der Waals surface area contributed by atoms with Gasteiger partial charge in [0.2, 0.25) is 0 Å². The second kappa shape index (κ2) is 6.30. The second-order valence-electron chi connectivity index (χ2n) is 5.73. The monoisotopic (exact) mass is 369 g/mol. The lowest BCUT2D eigenvalue weighted by molar-refractivity contribution is 0.621. The van der Waals surface area contributed by atoms with Gasteiger partial charge in [0, 0.05) is 18.0 Å². The Morgan fingerprint density at radius 3 is 2.73 bits per heavy atom. The molecule has 0 amide bonds. The fourth-order valence-corrected chi connectivity index (χ4v) is 2.83. The maximum atomic E-state index is 13.7. The fraction of sp³-hybridized carbons (Fsp3) is 0.118. The van der Waals surface area contributed by atoms with Gasteiger partial charge in [-0.3, -0.25) is 4.98 Å². The Morgan fingerprint density at radius 1 is 1.15 bits per heavy atom. The maximum absolute atomic E-state index is 13.7. The Balaban J connectivity index is 1.95. The van der Waals surface area contributed by atoms with E-state index in [1.54, 1.807) is 19.2 Å². The van der Waals surface area contributed by atoms with Crippen LogP contribution in [0.4, 0.5) is 10.2 Å². The van der Waals surface area contributed by atoms with Crippen LogP contribution in [0.15, 0.2) is 36.8 Å². The molecule has 0 aromatic carbocycles. The van der Waals surface area contributed by atoms with E-state index in [2.05, 4.69) is 24.9 Å². The molecule has 4 aromatic heterocycles. The molecular weight excluding hydrogens is 357 g/mol. The van der Waals surface area contributed by atoms with Gasteiger partial charge in [-0.05, 0) is 24.6 Å². The van der Waals surface area contributed by atoms with Crippen molar-refractivity contribution < 1.29 is 4.39 Å². The summed E-state index contributed by atoms with van der Waals surface area (Å²) in [4.78, 5) is 21.2. The molecule has 0 atom stereocenters. The van der Waals surface area contributed by atoms with Crippen LogP contribution in [0.1, 0.15) is 11.4 Å². The van der Waals surface area contributed by atoms with Crippen LogP contribution in [0.3, 0.4) is 0 Å². The molecule has 7 nitrogen and oxygen atoms in total. The van der Waals surface area contributed by atoms with Crippen molar-refractivity contribution in [2.45, 2.75) is 13.5 Å². The third kappa shape index (κ3) is 2.95. The highest BCUT2D eigenvalue weighted by Crippen LogP contribution is 2.27. The van der Waals surface area contributed by atoms with Gasteiger partial charge in [-0.2, -0.15) is 0 Å². The Morgan fingerprint density at radius 2 is 2.00 bits per heavy atom. The standard InChI is InChI=1S/C17H13ClFN7/c1-9-23-15(20)14-17(24-9)26(8-10-2-3-13(18)22-5-10)16(25-14)11-4-12(19)7-21-6-11/h2-7H,8H2,1H3,(H2,20,23,24). The smallest absolute Gasteiger partial charge is 0.166 e. The zero-order valence-electron chi connectivity index (χ0n) is 13.7. The topological polar surface area (TPSA) is 95.4 Å². The molecule has 0 aliphatic carbocycles. The van der Waals surface area contributed by atoms with Crippen molar-refractivity contribution in [3.8, 4) is 11.4 Å². The molecule has 0 fully saturated rings. The molecule has 4 rings (SSSR count). The molecule has 4 heterocycles. The van der Waals surface area contributed by atoms with Crippen LogP contribution in [-0.4, -0.2) is 29.5 Å². The predicted molar refractivity (Wildman–Crippen MR) is 96.0 cm³/mol. The zero-order valence-corrected chi connectivity index (χ0v) is 14.4. The Labute approximate surface area is 152 Å². The molecule has 0 radical (unpaired) electrons. The molecule has 0 spiro atoms. The van der Waals surface area contributed by atoms with Gasteiger partial charge in [0.15, 0.2) is 17.0 Å². The number of nitrogens with two attached hydrogens (primary N) is 1. The first-order valence-corrected chi connectivity index (χ1v) is 8.11. The summed E-state index contributed by atoms with van der Waals surface area (Å²) in [7, 11) is 0. The summed E-state index contributed by atoms with van der Waals surface area (Å²) in [6, 6.07) is 4.92. The SMILES string of the molecule is Cc1nc(N)c2nc(-c3cncc(F)c3)n(Cc3ccc(Cl)nc3)c2n1. The minimum absolute atomic E-state index is 0.270. The van der Waals surface area contributed by atoms with E-state index < -0.39 is 5.82 Å². The molecule has 0 saturated heterocycles. The van der Waals surface area contributed by atoms with Crippen molar-refractivity contribution in [1.29, 1.82) is 0 Å². The largest absolute Gasteiger partial charge is 0.382 e. The highest BCUT2D eigenvalue weighted by Gasteiger charge is 2.18. The van der Waals surface area contributed by atoms with E-state index in [9.17, 15) is 4.39 Å².